The van der Waals surface area contributed by atoms with Crippen molar-refractivity contribution in [3.8, 4) is 5.88 Å². The van der Waals surface area contributed by atoms with Crippen molar-refractivity contribution in [2.75, 3.05) is 7.11 Å². The summed E-state index contributed by atoms with van der Waals surface area (Å²) in [5, 5.41) is 1.93. The molecule has 0 atom stereocenters. The maximum atomic E-state index is 5.87. The van der Waals surface area contributed by atoms with E-state index in [1.54, 1.807) is 7.11 Å². The molecule has 4 nitrogen and oxygen atoms in total. The molecule has 6 heteroatoms. The highest BCUT2D eigenvalue weighted by atomic mass is 32.1. The molecule has 1 aromatic rings. The van der Waals surface area contributed by atoms with Crippen LogP contribution in [0, 0.1) is 0 Å². The molecule has 0 aromatic carbocycles. The van der Waals surface area contributed by atoms with E-state index < -0.39 is 0 Å². The van der Waals surface area contributed by atoms with Gasteiger partial charge in [-0.3, -0.25) is 0 Å². The SMILES string of the molecule is COc1nscc1/C=C/B1OC(C)(C)C(C)(C)O1. The molecule has 1 aromatic heterocycles. The third-order valence-corrected chi connectivity index (χ3v) is 4.09. The van der Waals surface area contributed by atoms with E-state index in [2.05, 4.69) is 4.37 Å². The highest BCUT2D eigenvalue weighted by molar-refractivity contribution is 7.04. The van der Waals surface area contributed by atoms with Gasteiger partial charge in [0, 0.05) is 10.9 Å². The predicted molar refractivity (Wildman–Crippen MR) is 73.8 cm³/mol. The van der Waals surface area contributed by atoms with Crippen LogP contribution in [0.15, 0.2) is 11.4 Å². The maximum Gasteiger partial charge on any atom is 0.487 e. The van der Waals surface area contributed by atoms with Gasteiger partial charge < -0.3 is 14.0 Å². The lowest BCUT2D eigenvalue weighted by molar-refractivity contribution is 0.00578. The molecule has 0 saturated carbocycles. The predicted octanol–water partition coefficient (Wildman–Crippen LogP) is 2.80. The summed E-state index contributed by atoms with van der Waals surface area (Å²) in [6.45, 7) is 8.14. The minimum Gasteiger partial charge on any atom is -0.480 e. The van der Waals surface area contributed by atoms with Crippen LogP contribution in [0.2, 0.25) is 0 Å². The summed E-state index contributed by atoms with van der Waals surface area (Å²) in [5.41, 5.74) is 0.329. The molecule has 1 saturated heterocycles. The Labute approximate surface area is 112 Å². The van der Waals surface area contributed by atoms with Crippen LogP contribution in [-0.2, 0) is 9.31 Å². The molecule has 1 fully saturated rings. The van der Waals surface area contributed by atoms with Crippen LogP contribution in [0.3, 0.4) is 0 Å². The molecule has 1 aliphatic rings. The minimum atomic E-state index is -0.334. The van der Waals surface area contributed by atoms with Gasteiger partial charge in [-0.15, -0.1) is 0 Å². The summed E-state index contributed by atoms with van der Waals surface area (Å²) < 4.78 is 21.0. The average Bonchev–Trinajstić information content (AvgIpc) is 2.78. The first-order chi connectivity index (χ1) is 8.36. The fourth-order valence-electron chi connectivity index (χ4n) is 1.65. The molecule has 0 N–H and O–H groups in total. The van der Waals surface area contributed by atoms with E-state index in [0.29, 0.717) is 5.88 Å². The number of ether oxygens (including phenoxy) is 1. The van der Waals surface area contributed by atoms with E-state index in [1.807, 2.05) is 45.1 Å². The molecule has 0 aliphatic carbocycles. The first kappa shape index (κ1) is 13.6. The molecule has 18 heavy (non-hydrogen) atoms. The van der Waals surface area contributed by atoms with E-state index in [1.165, 1.54) is 11.5 Å². The van der Waals surface area contributed by atoms with Crippen LogP contribution in [0.25, 0.3) is 6.08 Å². The minimum absolute atomic E-state index is 0.307. The number of aromatic nitrogens is 1. The van der Waals surface area contributed by atoms with E-state index in [4.69, 9.17) is 14.0 Å². The van der Waals surface area contributed by atoms with Crippen molar-refractivity contribution in [2.24, 2.45) is 0 Å². The Balaban J connectivity index is 2.08. The van der Waals surface area contributed by atoms with Crippen LogP contribution in [-0.4, -0.2) is 29.8 Å². The van der Waals surface area contributed by atoms with Crippen molar-refractivity contribution in [1.29, 1.82) is 0 Å². The van der Waals surface area contributed by atoms with Crippen LogP contribution < -0.4 is 4.74 Å². The Hall–Kier alpha value is -0.845. The molecule has 98 valence electrons. The zero-order valence-corrected chi connectivity index (χ0v) is 12.2. The lowest BCUT2D eigenvalue weighted by Crippen LogP contribution is -2.41. The van der Waals surface area contributed by atoms with Gasteiger partial charge in [0.25, 0.3) is 0 Å². The van der Waals surface area contributed by atoms with E-state index in [9.17, 15) is 0 Å². The average molecular weight is 267 g/mol. The Morgan fingerprint density at radius 2 is 1.89 bits per heavy atom. The Morgan fingerprint density at radius 1 is 1.28 bits per heavy atom. The molecule has 0 spiro atoms. The second-order valence-electron chi connectivity index (χ2n) is 5.26. The van der Waals surface area contributed by atoms with Gasteiger partial charge in [0.05, 0.1) is 18.3 Å². The zero-order chi connectivity index (χ0) is 13.4. The van der Waals surface area contributed by atoms with Gasteiger partial charge in [-0.05, 0) is 39.2 Å². The van der Waals surface area contributed by atoms with Crippen molar-refractivity contribution in [1.82, 2.24) is 4.37 Å². The van der Waals surface area contributed by atoms with Gasteiger partial charge >= 0.3 is 7.12 Å². The van der Waals surface area contributed by atoms with Crippen LogP contribution in [0.4, 0.5) is 0 Å². The summed E-state index contributed by atoms with van der Waals surface area (Å²) >= 11 is 1.36. The topological polar surface area (TPSA) is 40.6 Å². The molecule has 0 radical (unpaired) electrons. The molecule has 2 rings (SSSR count). The number of nitrogens with zero attached hydrogens (tertiary/aromatic N) is 1. The molecule has 2 heterocycles. The van der Waals surface area contributed by atoms with Crippen LogP contribution in [0.1, 0.15) is 33.3 Å². The Morgan fingerprint density at radius 3 is 2.44 bits per heavy atom. The van der Waals surface area contributed by atoms with Crippen molar-refractivity contribution < 1.29 is 14.0 Å². The van der Waals surface area contributed by atoms with Crippen LogP contribution >= 0.6 is 11.5 Å². The molecule has 0 bridgehead atoms. The summed E-state index contributed by atoms with van der Waals surface area (Å²) in [5.74, 6) is 2.52. The largest absolute Gasteiger partial charge is 0.487 e. The lowest BCUT2D eigenvalue weighted by Gasteiger charge is -2.32. The fourth-order valence-corrected chi connectivity index (χ4v) is 2.27. The highest BCUT2D eigenvalue weighted by Gasteiger charge is 2.50. The standard InChI is InChI=1S/C12H18BNO3S/c1-11(2)12(3,4)17-13(16-11)7-6-9-8-18-14-10(9)15-5/h6-8H,1-5H3/b7-6+. The summed E-state index contributed by atoms with van der Waals surface area (Å²) in [4.78, 5) is 0. The normalized spacial score (nSPS) is 21.7. The summed E-state index contributed by atoms with van der Waals surface area (Å²) in [6, 6.07) is 0. The molecule has 0 unspecified atom stereocenters. The molecular formula is C12H18BNO3S. The van der Waals surface area contributed by atoms with Gasteiger partial charge in [0.2, 0.25) is 5.88 Å². The van der Waals surface area contributed by atoms with Gasteiger partial charge in [-0.2, -0.15) is 4.37 Å². The van der Waals surface area contributed by atoms with E-state index >= 15 is 0 Å². The first-order valence-corrected chi connectivity index (χ1v) is 6.71. The monoisotopic (exact) mass is 267 g/mol. The quantitative estimate of drug-likeness (QED) is 0.789. The second kappa shape index (κ2) is 4.68. The van der Waals surface area contributed by atoms with Crippen LogP contribution in [0.5, 0.6) is 5.88 Å². The fraction of sp³-hybridized carbons (Fsp3) is 0.583. The number of rotatable bonds is 3. The Kier molecular flexibility index (Phi) is 3.53. The second-order valence-corrected chi connectivity index (χ2v) is 5.89. The third kappa shape index (κ3) is 2.46. The van der Waals surface area contributed by atoms with E-state index in [0.717, 1.165) is 5.56 Å². The maximum absolute atomic E-state index is 5.87. The summed E-state index contributed by atoms with van der Waals surface area (Å²) in [7, 11) is 1.28. The Bertz CT molecular complexity index is 440. The van der Waals surface area contributed by atoms with Gasteiger partial charge in [-0.1, -0.05) is 12.1 Å². The first-order valence-electron chi connectivity index (χ1n) is 5.88. The zero-order valence-electron chi connectivity index (χ0n) is 11.4. The number of hydrogen-bond donors (Lipinski definition) is 0. The van der Waals surface area contributed by atoms with Gasteiger partial charge in [-0.25, -0.2) is 0 Å². The highest BCUT2D eigenvalue weighted by Crippen LogP contribution is 2.37. The van der Waals surface area contributed by atoms with Crippen molar-refractivity contribution in [2.45, 2.75) is 38.9 Å². The molecule has 0 amide bonds. The number of hydrogen-bond acceptors (Lipinski definition) is 5. The smallest absolute Gasteiger partial charge is 0.480 e. The lowest BCUT2D eigenvalue weighted by atomic mass is 9.89. The molecular weight excluding hydrogens is 249 g/mol. The van der Waals surface area contributed by atoms with Gasteiger partial charge in [0.15, 0.2) is 0 Å². The third-order valence-electron chi connectivity index (χ3n) is 3.46. The van der Waals surface area contributed by atoms with Crippen molar-refractivity contribution in [3.05, 3.63) is 16.9 Å². The van der Waals surface area contributed by atoms with E-state index in [-0.39, 0.29) is 18.3 Å². The summed E-state index contributed by atoms with van der Waals surface area (Å²) in [6.07, 6.45) is 1.92. The molecule has 1 aliphatic heterocycles. The number of methoxy groups -OCH3 is 1. The van der Waals surface area contributed by atoms with Crippen molar-refractivity contribution >= 4 is 24.7 Å². The van der Waals surface area contributed by atoms with Gasteiger partial charge in [0.1, 0.15) is 0 Å². The van der Waals surface area contributed by atoms with Crippen molar-refractivity contribution in [3.63, 3.8) is 0 Å².